The summed E-state index contributed by atoms with van der Waals surface area (Å²) in [5.74, 6) is -0.415. The molecule has 3 amide bonds. The molecule has 9 heteroatoms. The standard InChI is InChI=1S/C13H18N5O4/c1-4-17-12(19)8(2)6-18(13(17)20)11-5-9(15-16-14)10(22-11)7-21-3/h6,9-11H,2,4-5,7H2,1,3H3/q+1. The van der Waals surface area contributed by atoms with Crippen LogP contribution in [0.2, 0.25) is 0 Å². The minimum Gasteiger partial charge on any atom is -0.382 e. The molecule has 0 aromatic carbocycles. The first-order valence-electron chi connectivity index (χ1n) is 6.90. The number of methoxy groups -OCH3 is 1. The van der Waals surface area contributed by atoms with Gasteiger partial charge in [-0.2, -0.15) is 14.3 Å². The molecule has 118 valence electrons. The molecule has 0 aliphatic carbocycles. The third kappa shape index (κ3) is 2.87. The summed E-state index contributed by atoms with van der Waals surface area (Å²) in [7, 11) is 1.52. The van der Waals surface area contributed by atoms with Gasteiger partial charge in [0.25, 0.3) is 0 Å². The Bertz CT molecular complexity index is 581. The largest absolute Gasteiger partial charge is 0.503 e. The maximum absolute atomic E-state index is 12.4. The molecule has 9 nitrogen and oxygen atoms in total. The van der Waals surface area contributed by atoms with Crippen molar-refractivity contribution in [3.8, 4) is 0 Å². The van der Waals surface area contributed by atoms with Crippen LogP contribution >= 0.6 is 0 Å². The molecule has 0 N–H and O–H groups in total. The Balaban J connectivity index is 2.26. The van der Waals surface area contributed by atoms with E-state index >= 15 is 0 Å². The minimum atomic E-state index is -0.623. The summed E-state index contributed by atoms with van der Waals surface area (Å²) in [6, 6.07) is -0.903. The van der Waals surface area contributed by atoms with Gasteiger partial charge >= 0.3 is 11.9 Å². The Labute approximate surface area is 127 Å². The molecule has 3 atom stereocenters. The first kappa shape index (κ1) is 16.2. The lowest BCUT2D eigenvalue weighted by atomic mass is 10.1. The second-order valence-corrected chi connectivity index (χ2v) is 4.99. The van der Waals surface area contributed by atoms with Gasteiger partial charge in [-0.25, -0.2) is 4.79 Å². The lowest BCUT2D eigenvalue weighted by Crippen LogP contribution is -2.50. The molecular weight excluding hydrogens is 290 g/mol. The molecular formula is C13H18N5O4+. The van der Waals surface area contributed by atoms with Crippen LogP contribution in [-0.4, -0.2) is 66.3 Å². The van der Waals surface area contributed by atoms with Crippen molar-refractivity contribution in [1.82, 2.24) is 4.90 Å². The highest BCUT2D eigenvalue weighted by Crippen LogP contribution is 2.26. The van der Waals surface area contributed by atoms with E-state index in [1.165, 1.54) is 17.9 Å². The van der Waals surface area contributed by atoms with E-state index in [9.17, 15) is 9.59 Å². The van der Waals surface area contributed by atoms with Crippen LogP contribution in [0.5, 0.6) is 0 Å². The van der Waals surface area contributed by atoms with Gasteiger partial charge < -0.3 is 9.47 Å². The normalized spacial score (nSPS) is 28.6. The number of hydrogen-bond acceptors (Lipinski definition) is 5. The Hall–Kier alpha value is -2.22. The fraction of sp³-hybridized carbons (Fsp3) is 0.615. The van der Waals surface area contributed by atoms with Gasteiger partial charge in [0.15, 0.2) is 0 Å². The molecule has 2 heterocycles. The third-order valence-corrected chi connectivity index (χ3v) is 3.63. The van der Waals surface area contributed by atoms with Crippen molar-refractivity contribution < 1.29 is 23.6 Å². The maximum Gasteiger partial charge on any atom is 0.503 e. The highest BCUT2D eigenvalue weighted by Gasteiger charge is 2.46. The molecule has 2 rings (SSSR count). The number of carbonyl (C=O) groups is 2. The zero-order valence-corrected chi connectivity index (χ0v) is 12.5. The summed E-state index contributed by atoms with van der Waals surface area (Å²) in [5, 5.41) is 3.69. The van der Waals surface area contributed by atoms with Gasteiger partial charge in [-0.1, -0.05) is 11.7 Å². The van der Waals surface area contributed by atoms with Crippen molar-refractivity contribution in [1.29, 1.82) is 0 Å². The topological polar surface area (TPSA) is 108 Å². The summed E-state index contributed by atoms with van der Waals surface area (Å²) in [6.07, 6.45) is 0.651. The Kier molecular flexibility index (Phi) is 4.92. The number of ether oxygens (including phenoxy) is 2. The van der Waals surface area contributed by atoms with Crippen LogP contribution in [0.15, 0.2) is 17.3 Å². The molecule has 1 saturated heterocycles. The van der Waals surface area contributed by atoms with Gasteiger partial charge in [0.2, 0.25) is 6.23 Å². The van der Waals surface area contributed by atoms with Crippen molar-refractivity contribution in [2.75, 3.05) is 20.3 Å². The van der Waals surface area contributed by atoms with Crippen LogP contribution in [-0.2, 0) is 14.3 Å². The van der Waals surface area contributed by atoms with Crippen molar-refractivity contribution in [3.05, 3.63) is 22.6 Å². The van der Waals surface area contributed by atoms with Crippen molar-refractivity contribution in [3.63, 3.8) is 0 Å². The molecule has 0 aromatic rings. The number of imide groups is 1. The lowest BCUT2D eigenvalue weighted by molar-refractivity contribution is -0.528. The van der Waals surface area contributed by atoms with Crippen LogP contribution in [0.4, 0.5) is 4.79 Å². The summed E-state index contributed by atoms with van der Waals surface area (Å²) in [6.45, 7) is 5.86. The Morgan fingerprint density at radius 2 is 2.36 bits per heavy atom. The van der Waals surface area contributed by atoms with E-state index in [4.69, 9.17) is 15.0 Å². The average Bonchev–Trinajstić information content (AvgIpc) is 2.87. The molecule has 2 aliphatic rings. The Morgan fingerprint density at radius 1 is 1.64 bits per heavy atom. The summed E-state index contributed by atoms with van der Waals surface area (Å²) in [5.41, 5.74) is 8.83. The zero-order chi connectivity index (χ0) is 16.3. The van der Waals surface area contributed by atoms with E-state index in [2.05, 4.69) is 16.6 Å². The monoisotopic (exact) mass is 308 g/mol. The van der Waals surface area contributed by atoms with Gasteiger partial charge in [0, 0.05) is 18.4 Å². The molecule has 0 radical (unpaired) electrons. The number of amides is 3. The van der Waals surface area contributed by atoms with Crippen LogP contribution in [0.25, 0.3) is 10.4 Å². The first-order chi connectivity index (χ1) is 10.5. The lowest BCUT2D eigenvalue weighted by Gasteiger charge is -2.21. The van der Waals surface area contributed by atoms with E-state index in [1.807, 2.05) is 0 Å². The predicted molar refractivity (Wildman–Crippen MR) is 76.3 cm³/mol. The number of hydrogen-bond donors (Lipinski definition) is 0. The quantitative estimate of drug-likeness (QED) is 0.248. The molecule has 0 bridgehead atoms. The first-order valence-corrected chi connectivity index (χ1v) is 6.90. The van der Waals surface area contributed by atoms with E-state index < -0.39 is 30.3 Å². The fourth-order valence-corrected chi connectivity index (χ4v) is 2.55. The van der Waals surface area contributed by atoms with Gasteiger partial charge in [0.05, 0.1) is 30.9 Å². The molecule has 22 heavy (non-hydrogen) atoms. The molecule has 2 aliphatic heterocycles. The number of nitrogens with zero attached hydrogens (tertiary/aromatic N) is 5. The van der Waals surface area contributed by atoms with Crippen molar-refractivity contribution in [2.24, 2.45) is 5.11 Å². The summed E-state index contributed by atoms with van der Waals surface area (Å²) >= 11 is 0. The summed E-state index contributed by atoms with van der Waals surface area (Å²) in [4.78, 5) is 28.1. The number of azide groups is 1. The molecule has 0 spiro atoms. The highest BCUT2D eigenvalue weighted by atomic mass is 16.5. The third-order valence-electron chi connectivity index (χ3n) is 3.63. The van der Waals surface area contributed by atoms with Gasteiger partial charge in [-0.15, -0.1) is 0 Å². The van der Waals surface area contributed by atoms with E-state index in [1.54, 1.807) is 6.92 Å². The number of carbonyl (C=O) groups excluding carboxylic acids is 2. The maximum atomic E-state index is 12.4. The van der Waals surface area contributed by atoms with Crippen LogP contribution in [0, 0.1) is 0 Å². The molecule has 0 saturated carbocycles. The molecule has 0 aromatic heterocycles. The Morgan fingerprint density at radius 3 is 2.95 bits per heavy atom. The number of likely N-dealkylation sites (N-methyl/N-ethyl adjacent to an activating group) is 1. The van der Waals surface area contributed by atoms with Crippen molar-refractivity contribution >= 4 is 18.2 Å². The molecule has 1 fully saturated rings. The van der Waals surface area contributed by atoms with Crippen LogP contribution in [0.3, 0.4) is 0 Å². The molecule has 3 unspecified atom stereocenters. The van der Waals surface area contributed by atoms with Gasteiger partial charge in [-0.05, 0) is 12.5 Å². The number of rotatable bonds is 5. The highest BCUT2D eigenvalue weighted by molar-refractivity contribution is 6.17. The van der Waals surface area contributed by atoms with Crippen LogP contribution < -0.4 is 0 Å². The van der Waals surface area contributed by atoms with Gasteiger partial charge in [0.1, 0.15) is 6.21 Å². The van der Waals surface area contributed by atoms with E-state index in [0.717, 1.165) is 4.90 Å². The van der Waals surface area contributed by atoms with E-state index in [0.29, 0.717) is 6.42 Å². The summed E-state index contributed by atoms with van der Waals surface area (Å²) < 4.78 is 12.1. The number of urea groups is 1. The van der Waals surface area contributed by atoms with Crippen molar-refractivity contribution in [2.45, 2.75) is 31.7 Å². The zero-order valence-electron chi connectivity index (χ0n) is 12.5. The second kappa shape index (κ2) is 6.69. The van der Waals surface area contributed by atoms with E-state index in [-0.39, 0.29) is 18.7 Å². The van der Waals surface area contributed by atoms with Crippen LogP contribution in [0.1, 0.15) is 13.3 Å². The minimum absolute atomic E-state index is 0.209. The fourth-order valence-electron chi connectivity index (χ4n) is 2.55. The van der Waals surface area contributed by atoms with Gasteiger partial charge in [-0.3, -0.25) is 0 Å². The average molecular weight is 308 g/mol. The second-order valence-electron chi connectivity index (χ2n) is 4.99. The smallest absolute Gasteiger partial charge is 0.382 e. The predicted octanol–water partition coefficient (Wildman–Crippen LogP) is 1.05. The SMILES string of the molecule is C=C1C=[N+](C2CC(N=[N+]=[N-])C(COC)O2)C(=O)N(CC)C1=O.